The first-order valence-electron chi connectivity index (χ1n) is 6.36. The van der Waals surface area contributed by atoms with Crippen molar-refractivity contribution in [3.63, 3.8) is 0 Å². The quantitative estimate of drug-likeness (QED) is 0.944. The molecule has 1 N–H and O–H groups in total. The molecule has 112 valence electrons. The van der Waals surface area contributed by atoms with E-state index in [2.05, 4.69) is 10.3 Å². The molecule has 0 aliphatic rings. The fraction of sp³-hybridized carbons (Fsp3) is 0.357. The Kier molecular flexibility index (Phi) is 4.43. The Morgan fingerprint density at radius 3 is 2.43 bits per heavy atom. The number of thiazole rings is 1. The Bertz CT molecular complexity index is 701. The summed E-state index contributed by atoms with van der Waals surface area (Å²) >= 11 is 2.75. The molecule has 2 heterocycles. The van der Waals surface area contributed by atoms with E-state index in [4.69, 9.17) is 0 Å². The van der Waals surface area contributed by atoms with Gasteiger partial charge in [-0.2, -0.15) is 0 Å². The zero-order valence-corrected chi connectivity index (χ0v) is 14.2. The second-order valence-electron chi connectivity index (χ2n) is 4.92. The fourth-order valence-electron chi connectivity index (χ4n) is 1.75. The van der Waals surface area contributed by atoms with Crippen molar-refractivity contribution in [2.45, 2.75) is 20.8 Å². The minimum atomic E-state index is -0.186. The third-order valence-corrected chi connectivity index (χ3v) is 5.22. The van der Waals surface area contributed by atoms with Crippen LogP contribution in [0.25, 0.3) is 0 Å². The highest BCUT2D eigenvalue weighted by Gasteiger charge is 2.19. The summed E-state index contributed by atoms with van der Waals surface area (Å²) in [6.07, 6.45) is 0. The van der Waals surface area contributed by atoms with Gasteiger partial charge in [0.25, 0.3) is 11.8 Å². The van der Waals surface area contributed by atoms with E-state index >= 15 is 0 Å². The van der Waals surface area contributed by atoms with Gasteiger partial charge in [0, 0.05) is 24.4 Å². The zero-order chi connectivity index (χ0) is 15.7. The normalized spacial score (nSPS) is 10.5. The number of amides is 2. The number of rotatable bonds is 3. The number of nitrogens with one attached hydrogen (secondary N) is 1. The van der Waals surface area contributed by atoms with Crippen molar-refractivity contribution in [2.75, 3.05) is 19.4 Å². The van der Waals surface area contributed by atoms with Crippen LogP contribution in [-0.2, 0) is 0 Å². The molecule has 2 rings (SSSR count). The van der Waals surface area contributed by atoms with E-state index in [0.717, 1.165) is 10.4 Å². The van der Waals surface area contributed by atoms with Crippen LogP contribution in [0.15, 0.2) is 5.38 Å². The van der Waals surface area contributed by atoms with Gasteiger partial charge >= 0.3 is 0 Å². The van der Waals surface area contributed by atoms with Crippen molar-refractivity contribution < 1.29 is 9.59 Å². The summed E-state index contributed by atoms with van der Waals surface area (Å²) in [5.41, 5.74) is 2.27. The van der Waals surface area contributed by atoms with Gasteiger partial charge in [0.2, 0.25) is 0 Å². The lowest BCUT2D eigenvalue weighted by Crippen LogP contribution is -2.21. The van der Waals surface area contributed by atoms with Crippen LogP contribution in [0.1, 0.15) is 36.2 Å². The van der Waals surface area contributed by atoms with Crippen LogP contribution in [0.5, 0.6) is 0 Å². The number of thiophene rings is 1. The first-order valence-corrected chi connectivity index (χ1v) is 8.06. The van der Waals surface area contributed by atoms with Crippen LogP contribution in [0.2, 0.25) is 0 Å². The first kappa shape index (κ1) is 15.7. The highest BCUT2D eigenvalue weighted by atomic mass is 32.1. The maximum Gasteiger partial charge on any atom is 0.265 e. The molecule has 7 heteroatoms. The monoisotopic (exact) mass is 323 g/mol. The molecule has 0 bridgehead atoms. The Labute approximate surface area is 131 Å². The lowest BCUT2D eigenvalue weighted by atomic mass is 10.2. The van der Waals surface area contributed by atoms with Crippen molar-refractivity contribution in [1.82, 2.24) is 9.88 Å². The van der Waals surface area contributed by atoms with E-state index in [-0.39, 0.29) is 11.8 Å². The van der Waals surface area contributed by atoms with E-state index in [9.17, 15) is 9.59 Å². The first-order chi connectivity index (χ1) is 9.81. The van der Waals surface area contributed by atoms with Crippen LogP contribution in [0, 0.1) is 20.8 Å². The van der Waals surface area contributed by atoms with Gasteiger partial charge in [0.15, 0.2) is 5.13 Å². The summed E-state index contributed by atoms with van der Waals surface area (Å²) in [5.74, 6) is -0.289. The topological polar surface area (TPSA) is 62.3 Å². The summed E-state index contributed by atoms with van der Waals surface area (Å²) in [6.45, 7) is 5.68. The number of nitrogens with zero attached hydrogens (tertiary/aromatic N) is 2. The fourth-order valence-corrected chi connectivity index (χ4v) is 3.60. The largest absolute Gasteiger partial charge is 0.344 e. The molecular formula is C14H17N3O2S2. The van der Waals surface area contributed by atoms with E-state index in [1.807, 2.05) is 19.2 Å². The van der Waals surface area contributed by atoms with Gasteiger partial charge in [-0.15, -0.1) is 11.3 Å². The Hall–Kier alpha value is -1.73. The highest BCUT2D eigenvalue weighted by molar-refractivity contribution is 7.17. The molecule has 21 heavy (non-hydrogen) atoms. The molecule has 0 saturated carbocycles. The lowest BCUT2D eigenvalue weighted by Gasteiger charge is -2.07. The van der Waals surface area contributed by atoms with Gasteiger partial charge < -0.3 is 4.90 Å². The number of carbonyl (C=O) groups excluding carboxylic acids is 2. The third-order valence-electron chi connectivity index (χ3n) is 3.15. The zero-order valence-electron chi connectivity index (χ0n) is 12.6. The summed E-state index contributed by atoms with van der Waals surface area (Å²) in [5, 5.41) is 5.06. The van der Waals surface area contributed by atoms with Crippen molar-refractivity contribution in [3.05, 3.63) is 32.0 Å². The van der Waals surface area contributed by atoms with Crippen molar-refractivity contribution >= 4 is 39.6 Å². The molecule has 0 aromatic carbocycles. The van der Waals surface area contributed by atoms with Gasteiger partial charge in [-0.3, -0.25) is 14.9 Å². The maximum atomic E-state index is 12.2. The second kappa shape index (κ2) is 5.95. The van der Waals surface area contributed by atoms with E-state index in [0.29, 0.717) is 21.3 Å². The average Bonchev–Trinajstić information content (AvgIpc) is 2.93. The second-order valence-corrected chi connectivity index (χ2v) is 7.00. The maximum absolute atomic E-state index is 12.2. The number of aromatic nitrogens is 1. The molecule has 0 unspecified atom stereocenters. The van der Waals surface area contributed by atoms with Gasteiger partial charge in [0.05, 0.1) is 11.3 Å². The summed E-state index contributed by atoms with van der Waals surface area (Å²) in [6, 6.07) is 0. The molecule has 2 amide bonds. The van der Waals surface area contributed by atoms with Crippen LogP contribution < -0.4 is 5.32 Å². The van der Waals surface area contributed by atoms with E-state index < -0.39 is 0 Å². The van der Waals surface area contributed by atoms with Crippen molar-refractivity contribution in [1.29, 1.82) is 0 Å². The molecular weight excluding hydrogens is 306 g/mol. The molecule has 5 nitrogen and oxygen atoms in total. The summed E-state index contributed by atoms with van der Waals surface area (Å²) in [7, 11) is 3.38. The molecule has 2 aromatic heterocycles. The standard InChI is InChI=1S/C14H17N3O2S2/c1-7-9(3)20-6-10(7)12(18)16-14-15-8(2)11(21-14)13(19)17(4)5/h6H,1-5H3,(H,15,16,18). The summed E-state index contributed by atoms with van der Waals surface area (Å²) in [4.78, 5) is 31.6. The Morgan fingerprint density at radius 2 is 1.90 bits per heavy atom. The highest BCUT2D eigenvalue weighted by Crippen LogP contribution is 2.26. The average molecular weight is 323 g/mol. The lowest BCUT2D eigenvalue weighted by molar-refractivity contribution is 0.0831. The molecule has 0 atom stereocenters. The predicted molar refractivity (Wildman–Crippen MR) is 86.6 cm³/mol. The Balaban J connectivity index is 2.21. The molecule has 0 spiro atoms. The molecule has 0 saturated heterocycles. The van der Waals surface area contributed by atoms with Crippen molar-refractivity contribution in [2.24, 2.45) is 0 Å². The molecule has 0 aliphatic heterocycles. The van der Waals surface area contributed by atoms with Crippen LogP contribution in [-0.4, -0.2) is 35.8 Å². The number of aryl methyl sites for hydroxylation is 2. The molecule has 0 radical (unpaired) electrons. The van der Waals surface area contributed by atoms with E-state index in [1.165, 1.54) is 16.2 Å². The molecule has 2 aromatic rings. The SMILES string of the molecule is Cc1nc(NC(=O)c2csc(C)c2C)sc1C(=O)N(C)C. The van der Waals surface area contributed by atoms with Gasteiger partial charge in [0.1, 0.15) is 4.88 Å². The third kappa shape index (κ3) is 3.14. The van der Waals surface area contributed by atoms with E-state index in [1.54, 1.807) is 32.4 Å². The minimum Gasteiger partial charge on any atom is -0.344 e. The van der Waals surface area contributed by atoms with Crippen LogP contribution in [0.3, 0.4) is 0 Å². The smallest absolute Gasteiger partial charge is 0.265 e. The number of carbonyl (C=O) groups is 2. The predicted octanol–water partition coefficient (Wildman–Crippen LogP) is 3.08. The van der Waals surface area contributed by atoms with Gasteiger partial charge in [-0.05, 0) is 26.3 Å². The molecule has 0 fully saturated rings. The summed E-state index contributed by atoms with van der Waals surface area (Å²) < 4.78 is 0. The van der Waals surface area contributed by atoms with Gasteiger partial charge in [-0.25, -0.2) is 4.98 Å². The Morgan fingerprint density at radius 1 is 1.24 bits per heavy atom. The van der Waals surface area contributed by atoms with Crippen LogP contribution >= 0.6 is 22.7 Å². The molecule has 0 aliphatic carbocycles. The number of hydrogen-bond acceptors (Lipinski definition) is 5. The van der Waals surface area contributed by atoms with Gasteiger partial charge in [-0.1, -0.05) is 11.3 Å². The van der Waals surface area contributed by atoms with Crippen LogP contribution in [0.4, 0.5) is 5.13 Å². The minimum absolute atomic E-state index is 0.104. The van der Waals surface area contributed by atoms with Crippen molar-refractivity contribution in [3.8, 4) is 0 Å². The number of hydrogen-bond donors (Lipinski definition) is 1. The number of anilines is 1.